The Morgan fingerprint density at radius 2 is 2.06 bits per heavy atom. The van der Waals surface area contributed by atoms with Crippen molar-refractivity contribution in [3.63, 3.8) is 0 Å². The smallest absolute Gasteiger partial charge is 0.239 e. The van der Waals surface area contributed by atoms with Gasteiger partial charge in [0.1, 0.15) is 28.9 Å². The number of nitrogens with one attached hydrogen (secondary N) is 2. The van der Waals surface area contributed by atoms with E-state index in [4.69, 9.17) is 20.9 Å². The van der Waals surface area contributed by atoms with Gasteiger partial charge in [0, 0.05) is 28.3 Å². The summed E-state index contributed by atoms with van der Waals surface area (Å²) in [5.41, 5.74) is 3.25. The van der Waals surface area contributed by atoms with E-state index in [2.05, 4.69) is 25.2 Å². The fraction of sp³-hybridized carbons (Fsp3) is 0.348. The average molecular weight is 488 g/mol. The summed E-state index contributed by atoms with van der Waals surface area (Å²) in [6.45, 7) is 6.20. The second-order valence-corrected chi connectivity index (χ2v) is 9.58. The maximum Gasteiger partial charge on any atom is 0.239 e. The summed E-state index contributed by atoms with van der Waals surface area (Å²) in [7, 11) is -1.30. The van der Waals surface area contributed by atoms with Gasteiger partial charge in [0.05, 0.1) is 23.2 Å². The van der Waals surface area contributed by atoms with Crippen molar-refractivity contribution in [1.82, 2.24) is 15.1 Å². The largest absolute Gasteiger partial charge is 0.493 e. The number of benzene rings is 1. The lowest BCUT2D eigenvalue weighted by Crippen LogP contribution is -2.28. The fourth-order valence-electron chi connectivity index (χ4n) is 3.53. The van der Waals surface area contributed by atoms with Crippen LogP contribution in [-0.4, -0.2) is 37.2 Å². The summed E-state index contributed by atoms with van der Waals surface area (Å²) < 4.78 is 26.6. The normalized spacial score (nSPS) is 18.7. The standard InChI is InChI=1S/C23H26ClN5O3S/c1-4-31-21-11-16(24)5-10-19(21)20-12-22(26-13-25-20)27-17-6-8-18(9-7-17)33(30)29-23-14(2)15(3)28-32-23/h5-6,8,10-13,17-18,29H,4,7,9H2,1-3H3,(H,25,26,27). The molecule has 3 unspecified atom stereocenters. The van der Waals surface area contributed by atoms with Crippen molar-refractivity contribution in [2.45, 2.75) is 44.9 Å². The van der Waals surface area contributed by atoms with Crippen LogP contribution in [0.3, 0.4) is 0 Å². The van der Waals surface area contributed by atoms with E-state index in [9.17, 15) is 4.21 Å². The molecule has 1 aliphatic rings. The van der Waals surface area contributed by atoms with Crippen LogP contribution in [0.25, 0.3) is 11.3 Å². The van der Waals surface area contributed by atoms with Gasteiger partial charge in [-0.2, -0.15) is 0 Å². The zero-order valence-electron chi connectivity index (χ0n) is 18.7. The minimum absolute atomic E-state index is 0.0758. The molecule has 0 bridgehead atoms. The lowest BCUT2D eigenvalue weighted by molar-refractivity contribution is 0.341. The Kier molecular flexibility index (Phi) is 7.29. The van der Waals surface area contributed by atoms with Crippen molar-refractivity contribution < 1.29 is 13.5 Å². The van der Waals surface area contributed by atoms with Gasteiger partial charge in [0.15, 0.2) is 0 Å². The molecule has 0 aliphatic heterocycles. The molecule has 2 aromatic heterocycles. The molecule has 0 amide bonds. The number of halogens is 1. The number of aromatic nitrogens is 3. The van der Waals surface area contributed by atoms with Crippen molar-refractivity contribution in [2.75, 3.05) is 16.6 Å². The molecule has 0 spiro atoms. The number of hydrogen-bond acceptors (Lipinski definition) is 7. The van der Waals surface area contributed by atoms with Gasteiger partial charge in [-0.3, -0.25) is 4.72 Å². The molecule has 8 nitrogen and oxygen atoms in total. The molecule has 0 radical (unpaired) electrons. The van der Waals surface area contributed by atoms with Gasteiger partial charge in [-0.25, -0.2) is 14.2 Å². The van der Waals surface area contributed by atoms with Crippen LogP contribution in [0.15, 0.2) is 47.3 Å². The molecule has 3 aromatic rings. The van der Waals surface area contributed by atoms with Crippen LogP contribution in [0.4, 0.5) is 11.7 Å². The fourth-order valence-corrected chi connectivity index (χ4v) is 4.80. The van der Waals surface area contributed by atoms with Crippen LogP contribution >= 0.6 is 11.6 Å². The van der Waals surface area contributed by atoms with E-state index in [0.29, 0.717) is 29.1 Å². The second kappa shape index (κ2) is 10.4. The molecular formula is C23H26ClN5O3S. The molecule has 10 heteroatoms. The van der Waals surface area contributed by atoms with E-state index in [1.807, 2.05) is 51.1 Å². The SMILES string of the molecule is CCOc1cc(Cl)ccc1-c1cc(NC2C=CC(S(=O)Nc3onc(C)c3C)CC2)ncn1. The van der Waals surface area contributed by atoms with Crippen molar-refractivity contribution in [3.8, 4) is 17.0 Å². The Labute approximate surface area is 200 Å². The van der Waals surface area contributed by atoms with E-state index in [-0.39, 0.29) is 11.3 Å². The highest BCUT2D eigenvalue weighted by Crippen LogP contribution is 2.32. The molecule has 0 fully saturated rings. The van der Waals surface area contributed by atoms with Gasteiger partial charge in [0.25, 0.3) is 0 Å². The van der Waals surface area contributed by atoms with E-state index in [0.717, 1.165) is 35.4 Å². The topological polar surface area (TPSA) is 102 Å². The number of rotatable bonds is 8. The number of nitrogens with zero attached hydrogens (tertiary/aromatic N) is 3. The van der Waals surface area contributed by atoms with Crippen molar-refractivity contribution in [1.29, 1.82) is 0 Å². The molecule has 3 atom stereocenters. The minimum Gasteiger partial charge on any atom is -0.493 e. The van der Waals surface area contributed by atoms with Crippen molar-refractivity contribution in [3.05, 3.63) is 59.0 Å². The zero-order valence-corrected chi connectivity index (χ0v) is 20.2. The molecule has 1 aliphatic carbocycles. The lowest BCUT2D eigenvalue weighted by Gasteiger charge is -2.23. The summed E-state index contributed by atoms with van der Waals surface area (Å²) in [5, 5.41) is 7.81. The first-order chi connectivity index (χ1) is 15.9. The van der Waals surface area contributed by atoms with E-state index >= 15 is 0 Å². The highest BCUT2D eigenvalue weighted by Gasteiger charge is 2.23. The highest BCUT2D eigenvalue weighted by atomic mass is 35.5. The van der Waals surface area contributed by atoms with E-state index in [1.54, 1.807) is 6.07 Å². The molecule has 2 N–H and O–H groups in total. The molecule has 0 saturated heterocycles. The van der Waals surface area contributed by atoms with Gasteiger partial charge in [-0.1, -0.05) is 28.9 Å². The maximum absolute atomic E-state index is 12.7. The predicted molar refractivity (Wildman–Crippen MR) is 131 cm³/mol. The van der Waals surface area contributed by atoms with Crippen LogP contribution in [0.5, 0.6) is 5.75 Å². The monoisotopic (exact) mass is 487 g/mol. The predicted octanol–water partition coefficient (Wildman–Crippen LogP) is 5.08. The van der Waals surface area contributed by atoms with Gasteiger partial charge in [0.2, 0.25) is 5.88 Å². The molecule has 2 heterocycles. The molecule has 0 saturated carbocycles. The lowest BCUT2D eigenvalue weighted by atomic mass is 10.0. The molecule has 4 rings (SSSR count). The number of ether oxygens (including phenoxy) is 1. The summed E-state index contributed by atoms with van der Waals surface area (Å²) >= 11 is 6.12. The Morgan fingerprint density at radius 3 is 2.76 bits per heavy atom. The van der Waals surface area contributed by atoms with Gasteiger partial charge in [-0.15, -0.1) is 0 Å². The van der Waals surface area contributed by atoms with Crippen molar-refractivity contribution in [2.24, 2.45) is 0 Å². The minimum atomic E-state index is -1.30. The molecule has 33 heavy (non-hydrogen) atoms. The van der Waals surface area contributed by atoms with Gasteiger partial charge in [-0.05, 0) is 51.8 Å². The third-order valence-electron chi connectivity index (χ3n) is 5.47. The third-order valence-corrected chi connectivity index (χ3v) is 7.03. The third kappa shape index (κ3) is 5.54. The summed E-state index contributed by atoms with van der Waals surface area (Å²) in [6, 6.07) is 7.46. The van der Waals surface area contributed by atoms with Gasteiger partial charge < -0.3 is 14.6 Å². The van der Waals surface area contributed by atoms with Crippen LogP contribution in [0.1, 0.15) is 31.0 Å². The average Bonchev–Trinajstić information content (AvgIpc) is 3.12. The Hall–Kier alpha value is -2.91. The molecule has 1 aromatic carbocycles. The summed E-state index contributed by atoms with van der Waals surface area (Å²) in [6.07, 6.45) is 7.09. The number of aryl methyl sites for hydroxylation is 1. The highest BCUT2D eigenvalue weighted by molar-refractivity contribution is 7.87. The Bertz CT molecular complexity index is 1180. The molecule has 174 valence electrons. The van der Waals surface area contributed by atoms with E-state index in [1.165, 1.54) is 6.33 Å². The van der Waals surface area contributed by atoms with E-state index < -0.39 is 11.0 Å². The Balaban J connectivity index is 1.42. The quantitative estimate of drug-likeness (QED) is 0.427. The Morgan fingerprint density at radius 1 is 1.21 bits per heavy atom. The van der Waals surface area contributed by atoms with Crippen LogP contribution in [0.2, 0.25) is 5.02 Å². The number of anilines is 2. The van der Waals surface area contributed by atoms with Crippen LogP contribution in [0, 0.1) is 13.8 Å². The zero-order chi connectivity index (χ0) is 23.4. The second-order valence-electron chi connectivity index (χ2n) is 7.74. The first kappa shape index (κ1) is 23.3. The van der Waals surface area contributed by atoms with Gasteiger partial charge >= 0.3 is 0 Å². The maximum atomic E-state index is 12.7. The molecular weight excluding hydrogens is 462 g/mol. The van der Waals surface area contributed by atoms with Crippen LogP contribution < -0.4 is 14.8 Å². The van der Waals surface area contributed by atoms with Crippen LogP contribution in [-0.2, 0) is 11.0 Å². The first-order valence-electron chi connectivity index (χ1n) is 10.7. The summed E-state index contributed by atoms with van der Waals surface area (Å²) in [5.74, 6) is 1.85. The summed E-state index contributed by atoms with van der Waals surface area (Å²) in [4.78, 5) is 8.76. The number of hydrogen-bond donors (Lipinski definition) is 2. The van der Waals surface area contributed by atoms with Crippen molar-refractivity contribution >= 4 is 34.3 Å². The first-order valence-corrected chi connectivity index (χ1v) is 12.3.